The second-order valence-corrected chi connectivity index (χ2v) is 7.44. The molecule has 1 fully saturated rings. The van der Waals surface area contributed by atoms with Crippen molar-refractivity contribution >= 4 is 23.1 Å². The van der Waals surface area contributed by atoms with Gasteiger partial charge in [-0.2, -0.15) is 0 Å². The molecular formula is C18H22N2O2S. The quantitative estimate of drug-likeness (QED) is 0.887. The molecule has 2 heterocycles. The molecule has 0 spiro atoms. The number of rotatable bonds is 3. The van der Waals surface area contributed by atoms with Crippen molar-refractivity contribution in [2.24, 2.45) is 0 Å². The molecule has 0 radical (unpaired) electrons. The highest BCUT2D eigenvalue weighted by molar-refractivity contribution is 7.13. The molecule has 3 rings (SSSR count). The third-order valence-corrected chi connectivity index (χ3v) is 5.17. The number of thiophene rings is 1. The molecule has 1 aromatic carbocycles. The predicted octanol–water partition coefficient (Wildman–Crippen LogP) is 4.18. The van der Waals surface area contributed by atoms with Gasteiger partial charge in [0.25, 0.3) is 0 Å². The summed E-state index contributed by atoms with van der Waals surface area (Å²) in [5.74, 6) is 0. The molecule has 2 amide bonds. The van der Waals surface area contributed by atoms with Crippen LogP contribution in [0.4, 0.5) is 10.5 Å². The lowest BCUT2D eigenvalue weighted by Gasteiger charge is -2.33. The molecule has 0 bridgehead atoms. The molecule has 1 atom stereocenters. The topological polar surface area (TPSA) is 52.6 Å². The van der Waals surface area contributed by atoms with E-state index in [9.17, 15) is 9.90 Å². The second kappa shape index (κ2) is 6.34. The van der Waals surface area contributed by atoms with Gasteiger partial charge < -0.3 is 15.3 Å². The van der Waals surface area contributed by atoms with Crippen molar-refractivity contribution in [3.63, 3.8) is 0 Å². The Kier molecular flexibility index (Phi) is 4.41. The van der Waals surface area contributed by atoms with Crippen LogP contribution >= 0.6 is 11.3 Å². The van der Waals surface area contributed by atoms with E-state index in [1.807, 2.05) is 35.7 Å². The molecule has 1 aromatic heterocycles. The maximum atomic E-state index is 12.6. The average molecular weight is 330 g/mol. The van der Waals surface area contributed by atoms with Crippen LogP contribution in [-0.4, -0.2) is 34.2 Å². The Labute approximate surface area is 140 Å². The number of nitrogens with zero attached hydrogens (tertiary/aromatic N) is 1. The summed E-state index contributed by atoms with van der Waals surface area (Å²) in [5.41, 5.74) is 0.993. The first kappa shape index (κ1) is 16.0. The van der Waals surface area contributed by atoms with E-state index in [0.29, 0.717) is 6.54 Å². The molecule has 2 N–H and O–H groups in total. The summed E-state index contributed by atoms with van der Waals surface area (Å²) in [6.07, 6.45) is 1.77. The fourth-order valence-corrected chi connectivity index (χ4v) is 3.86. The van der Waals surface area contributed by atoms with Crippen molar-refractivity contribution in [2.45, 2.75) is 38.3 Å². The zero-order chi connectivity index (χ0) is 16.4. The molecule has 1 aliphatic heterocycles. The summed E-state index contributed by atoms with van der Waals surface area (Å²) in [6.45, 7) is 4.21. The van der Waals surface area contributed by atoms with Crippen LogP contribution in [0.3, 0.4) is 0 Å². The van der Waals surface area contributed by atoms with E-state index in [0.717, 1.165) is 24.1 Å². The maximum absolute atomic E-state index is 12.6. The number of benzene rings is 1. The standard InChI is InChI=1S/C18H22N2O2S/c1-18(2,22)16-9-4-10-20(16)17(21)19-14-7-3-6-13(12-14)15-8-5-11-23-15/h3,5-8,11-12,16,22H,4,9-10H2,1-2H3,(H,19,21). The molecule has 122 valence electrons. The first-order valence-electron chi connectivity index (χ1n) is 7.89. The molecular weight excluding hydrogens is 308 g/mol. The van der Waals surface area contributed by atoms with Gasteiger partial charge in [-0.05, 0) is 55.8 Å². The van der Waals surface area contributed by atoms with Gasteiger partial charge in [-0.1, -0.05) is 18.2 Å². The molecule has 4 nitrogen and oxygen atoms in total. The number of carbonyl (C=O) groups excluding carboxylic acids is 1. The van der Waals surface area contributed by atoms with E-state index in [4.69, 9.17) is 0 Å². The lowest BCUT2D eigenvalue weighted by molar-refractivity contribution is 0.0117. The lowest BCUT2D eigenvalue weighted by Crippen LogP contribution is -2.49. The number of amides is 2. The van der Waals surface area contributed by atoms with Crippen molar-refractivity contribution in [1.82, 2.24) is 4.90 Å². The van der Waals surface area contributed by atoms with Crippen molar-refractivity contribution < 1.29 is 9.90 Å². The number of nitrogens with one attached hydrogen (secondary N) is 1. The second-order valence-electron chi connectivity index (χ2n) is 6.49. The summed E-state index contributed by atoms with van der Waals surface area (Å²) in [4.78, 5) is 15.5. The molecule has 5 heteroatoms. The van der Waals surface area contributed by atoms with E-state index >= 15 is 0 Å². The maximum Gasteiger partial charge on any atom is 0.322 e. The highest BCUT2D eigenvalue weighted by Crippen LogP contribution is 2.29. The van der Waals surface area contributed by atoms with Gasteiger partial charge in [0, 0.05) is 17.1 Å². The number of aliphatic hydroxyl groups is 1. The summed E-state index contributed by atoms with van der Waals surface area (Å²) in [7, 11) is 0. The van der Waals surface area contributed by atoms with Gasteiger partial charge in [0.1, 0.15) is 0 Å². The Morgan fingerprint density at radius 3 is 2.87 bits per heavy atom. The zero-order valence-electron chi connectivity index (χ0n) is 13.5. The van der Waals surface area contributed by atoms with E-state index in [-0.39, 0.29) is 12.1 Å². The largest absolute Gasteiger partial charge is 0.388 e. The normalized spacial score (nSPS) is 18.2. The molecule has 1 unspecified atom stereocenters. The number of urea groups is 1. The van der Waals surface area contributed by atoms with Crippen LogP contribution in [0.25, 0.3) is 10.4 Å². The van der Waals surface area contributed by atoms with E-state index < -0.39 is 5.60 Å². The van der Waals surface area contributed by atoms with Crippen LogP contribution in [0.15, 0.2) is 41.8 Å². The minimum Gasteiger partial charge on any atom is -0.388 e. The molecule has 1 saturated heterocycles. The summed E-state index contributed by atoms with van der Waals surface area (Å²) in [6, 6.07) is 11.7. The first-order valence-corrected chi connectivity index (χ1v) is 8.77. The lowest BCUT2D eigenvalue weighted by atomic mass is 9.97. The number of hydrogen-bond donors (Lipinski definition) is 2. The number of likely N-dealkylation sites (tertiary alicyclic amines) is 1. The predicted molar refractivity (Wildman–Crippen MR) is 94.8 cm³/mol. The molecule has 23 heavy (non-hydrogen) atoms. The van der Waals surface area contributed by atoms with Gasteiger partial charge in [0.2, 0.25) is 0 Å². The Balaban J connectivity index is 1.74. The first-order chi connectivity index (χ1) is 10.9. The molecule has 0 aliphatic carbocycles. The van der Waals surface area contributed by atoms with Gasteiger partial charge in [0.05, 0.1) is 11.6 Å². The SMILES string of the molecule is CC(C)(O)C1CCCN1C(=O)Nc1cccc(-c2cccs2)c1. The van der Waals surface area contributed by atoms with Crippen LogP contribution in [0.2, 0.25) is 0 Å². The van der Waals surface area contributed by atoms with E-state index in [1.165, 1.54) is 4.88 Å². The van der Waals surface area contributed by atoms with E-state index in [1.54, 1.807) is 30.1 Å². The Morgan fingerprint density at radius 1 is 1.35 bits per heavy atom. The number of hydrogen-bond acceptors (Lipinski definition) is 3. The van der Waals surface area contributed by atoms with Crippen LogP contribution in [0.5, 0.6) is 0 Å². The molecule has 2 aromatic rings. The minimum absolute atomic E-state index is 0.136. The highest BCUT2D eigenvalue weighted by Gasteiger charge is 2.38. The average Bonchev–Trinajstić information content (AvgIpc) is 3.18. The molecule has 1 aliphatic rings. The Morgan fingerprint density at radius 2 is 2.17 bits per heavy atom. The summed E-state index contributed by atoms with van der Waals surface area (Å²) in [5, 5.41) is 15.3. The van der Waals surface area contributed by atoms with Crippen molar-refractivity contribution in [3.05, 3.63) is 41.8 Å². The van der Waals surface area contributed by atoms with Crippen LogP contribution in [0.1, 0.15) is 26.7 Å². The number of carbonyl (C=O) groups is 1. The zero-order valence-corrected chi connectivity index (χ0v) is 14.3. The molecule has 0 saturated carbocycles. The van der Waals surface area contributed by atoms with Crippen molar-refractivity contribution in [2.75, 3.05) is 11.9 Å². The smallest absolute Gasteiger partial charge is 0.322 e. The Hall–Kier alpha value is -1.85. The third kappa shape index (κ3) is 3.57. The fraction of sp³-hybridized carbons (Fsp3) is 0.389. The minimum atomic E-state index is -0.882. The highest BCUT2D eigenvalue weighted by atomic mass is 32.1. The van der Waals surface area contributed by atoms with E-state index in [2.05, 4.69) is 11.4 Å². The Bertz CT molecular complexity index is 677. The summed E-state index contributed by atoms with van der Waals surface area (Å²) >= 11 is 1.68. The van der Waals surface area contributed by atoms with Gasteiger partial charge >= 0.3 is 6.03 Å². The van der Waals surface area contributed by atoms with Crippen LogP contribution in [0, 0.1) is 0 Å². The number of anilines is 1. The third-order valence-electron chi connectivity index (χ3n) is 4.25. The van der Waals surface area contributed by atoms with Gasteiger partial charge in [-0.25, -0.2) is 4.79 Å². The summed E-state index contributed by atoms with van der Waals surface area (Å²) < 4.78 is 0. The van der Waals surface area contributed by atoms with Crippen molar-refractivity contribution in [1.29, 1.82) is 0 Å². The van der Waals surface area contributed by atoms with Gasteiger partial charge in [0.15, 0.2) is 0 Å². The van der Waals surface area contributed by atoms with Gasteiger partial charge in [-0.15, -0.1) is 11.3 Å². The monoisotopic (exact) mass is 330 g/mol. The van der Waals surface area contributed by atoms with Crippen LogP contribution < -0.4 is 5.32 Å². The van der Waals surface area contributed by atoms with Crippen molar-refractivity contribution in [3.8, 4) is 10.4 Å². The van der Waals surface area contributed by atoms with Crippen LogP contribution in [-0.2, 0) is 0 Å². The fourth-order valence-electron chi connectivity index (χ4n) is 3.13. The van der Waals surface area contributed by atoms with Gasteiger partial charge in [-0.3, -0.25) is 0 Å².